The van der Waals surface area contributed by atoms with Crippen LogP contribution in [0, 0.1) is 5.92 Å². The lowest BCUT2D eigenvalue weighted by molar-refractivity contribution is 0.102. The van der Waals surface area contributed by atoms with E-state index in [4.69, 9.17) is 4.74 Å². The van der Waals surface area contributed by atoms with Crippen LogP contribution in [0.25, 0.3) is 0 Å². The van der Waals surface area contributed by atoms with Gasteiger partial charge in [-0.3, -0.25) is 0 Å². The quantitative estimate of drug-likeness (QED) is 0.705. The summed E-state index contributed by atoms with van der Waals surface area (Å²) in [6.45, 7) is 5.97. The highest BCUT2D eigenvalue weighted by Crippen LogP contribution is 2.19. The van der Waals surface area contributed by atoms with Crippen LogP contribution in [0.15, 0.2) is 0 Å². The number of nitrogens with one attached hydrogen (secondary N) is 1. The van der Waals surface area contributed by atoms with Crippen LogP contribution in [0.2, 0.25) is 0 Å². The van der Waals surface area contributed by atoms with Crippen molar-refractivity contribution in [3.05, 3.63) is 0 Å². The molecule has 1 unspecified atom stereocenters. The standard InChI is InChI=1S/C15H30N2O/c1-17-11-7-14(8-12-17)6-10-16-9-2-4-15-5-3-13-18-15/h14-16H,2-13H2,1H3. The van der Waals surface area contributed by atoms with Crippen LogP contribution in [0.3, 0.4) is 0 Å². The fraction of sp³-hybridized carbons (Fsp3) is 1.00. The van der Waals surface area contributed by atoms with Gasteiger partial charge in [0.05, 0.1) is 6.10 Å². The predicted molar refractivity (Wildman–Crippen MR) is 75.9 cm³/mol. The van der Waals surface area contributed by atoms with Gasteiger partial charge in [-0.05, 0) is 84.1 Å². The molecule has 0 aromatic heterocycles. The van der Waals surface area contributed by atoms with Crippen LogP contribution in [-0.2, 0) is 4.74 Å². The van der Waals surface area contributed by atoms with Crippen LogP contribution < -0.4 is 5.32 Å². The van der Waals surface area contributed by atoms with Gasteiger partial charge in [0.15, 0.2) is 0 Å². The number of ether oxygens (including phenoxy) is 1. The van der Waals surface area contributed by atoms with Crippen molar-refractivity contribution in [3.8, 4) is 0 Å². The second-order valence-electron chi connectivity index (χ2n) is 6.06. The second-order valence-corrected chi connectivity index (χ2v) is 6.06. The Labute approximate surface area is 112 Å². The molecule has 3 nitrogen and oxygen atoms in total. The Kier molecular flexibility index (Phi) is 6.46. The van der Waals surface area contributed by atoms with Crippen molar-refractivity contribution in [1.29, 1.82) is 0 Å². The molecule has 2 rings (SSSR count). The van der Waals surface area contributed by atoms with Gasteiger partial charge in [-0.2, -0.15) is 0 Å². The summed E-state index contributed by atoms with van der Waals surface area (Å²) < 4.78 is 5.63. The van der Waals surface area contributed by atoms with E-state index in [-0.39, 0.29) is 0 Å². The monoisotopic (exact) mass is 254 g/mol. The minimum absolute atomic E-state index is 0.570. The van der Waals surface area contributed by atoms with Gasteiger partial charge in [-0.1, -0.05) is 0 Å². The van der Waals surface area contributed by atoms with Crippen LogP contribution >= 0.6 is 0 Å². The number of hydrogen-bond donors (Lipinski definition) is 1. The van der Waals surface area contributed by atoms with Gasteiger partial charge in [0.25, 0.3) is 0 Å². The van der Waals surface area contributed by atoms with Gasteiger partial charge in [-0.15, -0.1) is 0 Å². The number of likely N-dealkylation sites (tertiary alicyclic amines) is 1. The van der Waals surface area contributed by atoms with Gasteiger partial charge in [0.1, 0.15) is 0 Å². The smallest absolute Gasteiger partial charge is 0.0576 e. The molecule has 2 heterocycles. The highest BCUT2D eigenvalue weighted by Gasteiger charge is 2.16. The van der Waals surface area contributed by atoms with Crippen molar-refractivity contribution in [2.75, 3.05) is 39.8 Å². The number of piperidine rings is 1. The van der Waals surface area contributed by atoms with E-state index in [1.165, 1.54) is 71.1 Å². The number of nitrogens with zero attached hydrogens (tertiary/aromatic N) is 1. The molecule has 0 aromatic rings. The van der Waals surface area contributed by atoms with Crippen molar-refractivity contribution in [3.63, 3.8) is 0 Å². The molecule has 2 aliphatic heterocycles. The molecule has 0 spiro atoms. The molecule has 2 aliphatic rings. The lowest BCUT2D eigenvalue weighted by Gasteiger charge is -2.28. The summed E-state index contributed by atoms with van der Waals surface area (Å²) in [5, 5.41) is 3.60. The Morgan fingerprint density at radius 3 is 2.67 bits per heavy atom. The predicted octanol–water partition coefficient (Wildman–Crippen LogP) is 2.27. The minimum Gasteiger partial charge on any atom is -0.378 e. The maximum absolute atomic E-state index is 5.63. The van der Waals surface area contributed by atoms with Gasteiger partial charge in [-0.25, -0.2) is 0 Å². The van der Waals surface area contributed by atoms with E-state index in [0.717, 1.165) is 12.5 Å². The summed E-state index contributed by atoms with van der Waals surface area (Å²) in [5.41, 5.74) is 0. The summed E-state index contributed by atoms with van der Waals surface area (Å²) in [6.07, 6.45) is 9.82. The zero-order valence-electron chi connectivity index (χ0n) is 12.0. The molecule has 0 bridgehead atoms. The third-order valence-corrected chi connectivity index (χ3v) is 4.47. The average molecular weight is 254 g/mol. The van der Waals surface area contributed by atoms with Crippen LogP contribution in [0.4, 0.5) is 0 Å². The minimum atomic E-state index is 0.570. The van der Waals surface area contributed by atoms with Crippen molar-refractivity contribution in [2.45, 2.75) is 51.0 Å². The summed E-state index contributed by atoms with van der Waals surface area (Å²) in [5.74, 6) is 0.965. The van der Waals surface area contributed by atoms with E-state index >= 15 is 0 Å². The molecule has 2 fully saturated rings. The fourth-order valence-electron chi connectivity index (χ4n) is 3.11. The first kappa shape index (κ1) is 14.3. The molecule has 0 saturated carbocycles. The maximum Gasteiger partial charge on any atom is 0.0576 e. The molecule has 1 N–H and O–H groups in total. The Balaban J connectivity index is 1.39. The molecule has 0 aliphatic carbocycles. The molecule has 0 aromatic carbocycles. The molecule has 18 heavy (non-hydrogen) atoms. The van der Waals surface area contributed by atoms with Crippen molar-refractivity contribution >= 4 is 0 Å². The zero-order valence-corrected chi connectivity index (χ0v) is 12.0. The topological polar surface area (TPSA) is 24.5 Å². The number of rotatable bonds is 7. The van der Waals surface area contributed by atoms with Crippen LogP contribution in [0.5, 0.6) is 0 Å². The number of hydrogen-bond acceptors (Lipinski definition) is 3. The van der Waals surface area contributed by atoms with E-state index in [9.17, 15) is 0 Å². The molecule has 1 atom stereocenters. The van der Waals surface area contributed by atoms with E-state index in [1.807, 2.05) is 0 Å². The summed E-state index contributed by atoms with van der Waals surface area (Å²) in [7, 11) is 2.24. The van der Waals surface area contributed by atoms with Gasteiger partial charge in [0.2, 0.25) is 0 Å². The Hall–Kier alpha value is -0.120. The first-order valence-electron chi connectivity index (χ1n) is 7.85. The highest BCUT2D eigenvalue weighted by atomic mass is 16.5. The molecular formula is C15H30N2O. The Bertz CT molecular complexity index is 209. The molecule has 0 amide bonds. The van der Waals surface area contributed by atoms with Gasteiger partial charge in [0, 0.05) is 6.61 Å². The van der Waals surface area contributed by atoms with E-state index in [2.05, 4.69) is 17.3 Å². The molecular weight excluding hydrogens is 224 g/mol. The van der Waals surface area contributed by atoms with E-state index < -0.39 is 0 Å². The molecule has 3 heteroatoms. The maximum atomic E-state index is 5.63. The highest BCUT2D eigenvalue weighted by molar-refractivity contribution is 4.71. The molecule has 0 radical (unpaired) electrons. The fourth-order valence-corrected chi connectivity index (χ4v) is 3.11. The van der Waals surface area contributed by atoms with Crippen molar-refractivity contribution in [2.24, 2.45) is 5.92 Å². The Morgan fingerprint density at radius 1 is 1.11 bits per heavy atom. The first-order chi connectivity index (χ1) is 8.84. The average Bonchev–Trinajstić information content (AvgIpc) is 2.89. The van der Waals surface area contributed by atoms with Gasteiger partial charge < -0.3 is 15.0 Å². The zero-order chi connectivity index (χ0) is 12.6. The van der Waals surface area contributed by atoms with Crippen LogP contribution in [-0.4, -0.2) is 50.8 Å². The van der Waals surface area contributed by atoms with Gasteiger partial charge >= 0.3 is 0 Å². The van der Waals surface area contributed by atoms with Crippen molar-refractivity contribution in [1.82, 2.24) is 10.2 Å². The SMILES string of the molecule is CN1CCC(CCNCCCC2CCCO2)CC1. The second kappa shape index (κ2) is 8.13. The third-order valence-electron chi connectivity index (χ3n) is 4.47. The largest absolute Gasteiger partial charge is 0.378 e. The lowest BCUT2D eigenvalue weighted by Crippen LogP contribution is -2.31. The molecule has 2 saturated heterocycles. The lowest BCUT2D eigenvalue weighted by atomic mass is 9.94. The summed E-state index contributed by atoms with van der Waals surface area (Å²) in [4.78, 5) is 2.45. The van der Waals surface area contributed by atoms with E-state index in [0.29, 0.717) is 6.10 Å². The normalized spacial score (nSPS) is 26.8. The summed E-state index contributed by atoms with van der Waals surface area (Å²) >= 11 is 0. The molecule has 106 valence electrons. The summed E-state index contributed by atoms with van der Waals surface area (Å²) in [6, 6.07) is 0. The first-order valence-corrected chi connectivity index (χ1v) is 7.85. The Morgan fingerprint density at radius 2 is 1.94 bits per heavy atom. The third kappa shape index (κ3) is 5.25. The van der Waals surface area contributed by atoms with Crippen LogP contribution in [0.1, 0.15) is 44.9 Å². The van der Waals surface area contributed by atoms with E-state index in [1.54, 1.807) is 0 Å². The van der Waals surface area contributed by atoms with Crippen molar-refractivity contribution < 1.29 is 4.74 Å².